The zero-order valence-electron chi connectivity index (χ0n) is 10.0. The fourth-order valence-electron chi connectivity index (χ4n) is 0.882. The quantitative estimate of drug-likeness (QED) is 0.644. The maximum atomic E-state index is 9.84. The van der Waals surface area contributed by atoms with E-state index in [0.717, 1.165) is 12.2 Å². The molecule has 0 amide bonds. The summed E-state index contributed by atoms with van der Waals surface area (Å²) in [5.74, 6) is 0.907. The summed E-state index contributed by atoms with van der Waals surface area (Å²) in [7, 11) is -2.26. The summed E-state index contributed by atoms with van der Waals surface area (Å²) in [5.41, 5.74) is 0. The van der Waals surface area contributed by atoms with Crippen LogP contribution in [0.15, 0.2) is 19.0 Å². The van der Waals surface area contributed by atoms with Gasteiger partial charge in [0.25, 0.3) is 0 Å². The number of hydrogen-bond acceptors (Lipinski definition) is 4. The monoisotopic (exact) mass is 262 g/mol. The van der Waals surface area contributed by atoms with E-state index in [9.17, 15) is 8.42 Å². The number of aromatic nitrogens is 2. The lowest BCUT2D eigenvalue weighted by atomic mass is 10.4. The molecule has 0 saturated carbocycles. The van der Waals surface area contributed by atoms with Crippen molar-refractivity contribution in [1.82, 2.24) is 9.55 Å². The van der Waals surface area contributed by atoms with Gasteiger partial charge in [-0.05, 0) is 12.5 Å². The first-order valence-electron chi connectivity index (χ1n) is 5.12. The van der Waals surface area contributed by atoms with Crippen molar-refractivity contribution < 1.29 is 17.2 Å². The van der Waals surface area contributed by atoms with E-state index in [4.69, 9.17) is 4.55 Å². The molecule has 0 bridgehead atoms. The number of nitrogens with zero attached hydrogens (tertiary/aromatic N) is 2. The third-order valence-electron chi connectivity index (χ3n) is 1.77. The molecule has 0 aromatic carbocycles. The first-order valence-corrected chi connectivity index (χ1v) is 6.48. The van der Waals surface area contributed by atoms with E-state index < -0.39 is 10.4 Å². The van der Waals surface area contributed by atoms with Crippen LogP contribution in [0.2, 0.25) is 0 Å². The summed E-state index contributed by atoms with van der Waals surface area (Å²) in [6.07, 6.45) is 6.84. The molecule has 0 aliphatic heterocycles. The third-order valence-corrected chi connectivity index (χ3v) is 2.24. The Bertz CT molecular complexity index is 425. The van der Waals surface area contributed by atoms with Crippen molar-refractivity contribution in [3.8, 4) is 0 Å². The summed E-state index contributed by atoms with van der Waals surface area (Å²) in [6, 6.07) is 0. The molecule has 0 spiro atoms. The Morgan fingerprint density at radius 1 is 1.65 bits per heavy atom. The van der Waals surface area contributed by atoms with Crippen LogP contribution in [0.5, 0.6) is 0 Å². The van der Waals surface area contributed by atoms with Crippen LogP contribution in [-0.4, -0.2) is 29.1 Å². The fraction of sp³-hybridized carbons (Fsp3) is 0.500. The molecular formula is C10H18N2O4S. The SMILES string of the molecule is C=Cc1nccn1C.CCCCOS(=O)(=O)O. The van der Waals surface area contributed by atoms with Crippen LogP contribution in [0, 0.1) is 0 Å². The summed E-state index contributed by atoms with van der Waals surface area (Å²) < 4.78 is 33.6. The minimum Gasteiger partial charge on any atom is -0.335 e. The highest BCUT2D eigenvalue weighted by Crippen LogP contribution is 1.93. The Kier molecular flexibility index (Phi) is 7.44. The molecule has 0 aliphatic rings. The van der Waals surface area contributed by atoms with Gasteiger partial charge in [0.15, 0.2) is 0 Å². The normalized spacial score (nSPS) is 10.5. The van der Waals surface area contributed by atoms with Crippen molar-refractivity contribution in [2.75, 3.05) is 6.61 Å². The van der Waals surface area contributed by atoms with Gasteiger partial charge in [0.1, 0.15) is 5.82 Å². The number of imidazole rings is 1. The Morgan fingerprint density at radius 3 is 2.59 bits per heavy atom. The number of hydrogen-bond donors (Lipinski definition) is 1. The van der Waals surface area contributed by atoms with Crippen LogP contribution in [-0.2, 0) is 21.6 Å². The molecular weight excluding hydrogens is 244 g/mol. The Labute approximate surface area is 102 Å². The van der Waals surface area contributed by atoms with Crippen LogP contribution in [0.3, 0.4) is 0 Å². The standard InChI is InChI=1S/C6H8N2.C4H10O4S/c1-3-6-7-4-5-8(6)2;1-2-3-4-8-9(5,6)7/h3-5H,1H2,2H3;2-4H2,1H3,(H,5,6,7). The van der Waals surface area contributed by atoms with E-state index in [-0.39, 0.29) is 6.61 Å². The Morgan fingerprint density at radius 2 is 2.29 bits per heavy atom. The lowest BCUT2D eigenvalue weighted by molar-refractivity contribution is 0.264. The van der Waals surface area contributed by atoms with Gasteiger partial charge in [-0.25, -0.2) is 9.17 Å². The number of rotatable bonds is 5. The maximum absolute atomic E-state index is 9.84. The van der Waals surface area contributed by atoms with Crippen molar-refractivity contribution in [3.63, 3.8) is 0 Å². The largest absolute Gasteiger partial charge is 0.397 e. The van der Waals surface area contributed by atoms with Gasteiger partial charge in [0.2, 0.25) is 0 Å². The summed E-state index contributed by atoms with van der Waals surface area (Å²) >= 11 is 0. The zero-order valence-corrected chi connectivity index (χ0v) is 10.9. The van der Waals surface area contributed by atoms with Crippen LogP contribution < -0.4 is 0 Å². The second-order valence-corrected chi connectivity index (χ2v) is 4.29. The predicted octanol–water partition coefficient (Wildman–Crippen LogP) is 1.67. The molecule has 0 fully saturated rings. The average Bonchev–Trinajstić information content (AvgIpc) is 2.63. The molecule has 98 valence electrons. The van der Waals surface area contributed by atoms with Gasteiger partial charge < -0.3 is 4.57 Å². The van der Waals surface area contributed by atoms with Crippen molar-refractivity contribution in [1.29, 1.82) is 0 Å². The molecule has 17 heavy (non-hydrogen) atoms. The van der Waals surface area contributed by atoms with Crippen molar-refractivity contribution in [2.24, 2.45) is 7.05 Å². The van der Waals surface area contributed by atoms with Crippen molar-refractivity contribution in [3.05, 3.63) is 24.8 Å². The lowest BCUT2D eigenvalue weighted by Crippen LogP contribution is -2.04. The summed E-state index contributed by atoms with van der Waals surface area (Å²) in [6.45, 7) is 5.54. The third kappa shape index (κ3) is 8.61. The summed E-state index contributed by atoms with van der Waals surface area (Å²) in [5, 5.41) is 0. The van der Waals surface area contributed by atoms with Crippen molar-refractivity contribution in [2.45, 2.75) is 19.8 Å². The molecule has 0 saturated heterocycles. The van der Waals surface area contributed by atoms with Gasteiger partial charge in [0.05, 0.1) is 6.61 Å². The van der Waals surface area contributed by atoms with Crippen LogP contribution in [0.1, 0.15) is 25.6 Å². The summed E-state index contributed by atoms with van der Waals surface area (Å²) in [4.78, 5) is 3.98. The molecule has 0 aliphatic carbocycles. The molecule has 0 radical (unpaired) electrons. The smallest absolute Gasteiger partial charge is 0.335 e. The minimum atomic E-state index is -4.20. The van der Waals surface area contributed by atoms with E-state index in [1.165, 1.54) is 0 Å². The molecule has 6 nitrogen and oxygen atoms in total. The zero-order chi connectivity index (χ0) is 13.3. The highest BCUT2D eigenvalue weighted by Gasteiger charge is 2.01. The highest BCUT2D eigenvalue weighted by atomic mass is 32.3. The van der Waals surface area contributed by atoms with Gasteiger partial charge in [-0.15, -0.1) is 0 Å². The van der Waals surface area contributed by atoms with Gasteiger partial charge >= 0.3 is 10.4 Å². The number of unbranched alkanes of at least 4 members (excludes halogenated alkanes) is 1. The maximum Gasteiger partial charge on any atom is 0.397 e. The van der Waals surface area contributed by atoms with E-state index in [0.29, 0.717) is 6.42 Å². The molecule has 1 rings (SSSR count). The first kappa shape index (κ1) is 15.8. The molecule has 1 N–H and O–H groups in total. The van der Waals surface area contributed by atoms with Crippen LogP contribution in [0.4, 0.5) is 0 Å². The highest BCUT2D eigenvalue weighted by molar-refractivity contribution is 7.80. The van der Waals surface area contributed by atoms with Crippen molar-refractivity contribution >= 4 is 16.5 Å². The first-order chi connectivity index (χ1) is 7.90. The topological polar surface area (TPSA) is 81.4 Å². The van der Waals surface area contributed by atoms with E-state index in [1.54, 1.807) is 12.3 Å². The molecule has 1 aromatic rings. The molecule has 0 atom stereocenters. The van der Waals surface area contributed by atoms with Crippen LogP contribution >= 0.6 is 0 Å². The minimum absolute atomic E-state index is 0.0648. The fourth-order valence-corrected chi connectivity index (χ4v) is 1.21. The Balaban J connectivity index is 0.000000302. The molecule has 1 heterocycles. The second-order valence-electron chi connectivity index (χ2n) is 3.20. The van der Waals surface area contributed by atoms with E-state index >= 15 is 0 Å². The molecule has 7 heteroatoms. The van der Waals surface area contributed by atoms with Crippen LogP contribution in [0.25, 0.3) is 6.08 Å². The van der Waals surface area contributed by atoms with Gasteiger partial charge in [-0.2, -0.15) is 8.42 Å². The van der Waals surface area contributed by atoms with E-state index in [1.807, 2.05) is 24.7 Å². The predicted molar refractivity (Wildman–Crippen MR) is 65.7 cm³/mol. The van der Waals surface area contributed by atoms with Gasteiger partial charge in [0, 0.05) is 19.4 Å². The Hall–Kier alpha value is -1.18. The molecule has 0 unspecified atom stereocenters. The lowest BCUT2D eigenvalue weighted by Gasteiger charge is -1.95. The van der Waals surface area contributed by atoms with Gasteiger partial charge in [-0.3, -0.25) is 4.55 Å². The molecule has 1 aromatic heterocycles. The van der Waals surface area contributed by atoms with E-state index in [2.05, 4.69) is 15.7 Å². The van der Waals surface area contributed by atoms with Gasteiger partial charge in [-0.1, -0.05) is 19.9 Å². The second kappa shape index (κ2) is 7.99. The average molecular weight is 262 g/mol. The number of aryl methyl sites for hydroxylation is 1.